The van der Waals surface area contributed by atoms with Gasteiger partial charge in [0.05, 0.1) is 0 Å². The lowest BCUT2D eigenvalue weighted by atomic mass is 10.0. The molecule has 0 aliphatic rings. The molecule has 0 heterocycles. The molecule has 0 nitrogen and oxygen atoms in total. The fourth-order valence-corrected chi connectivity index (χ4v) is 1.80. The zero-order chi connectivity index (χ0) is 9.84. The molecule has 1 aromatic rings. The zero-order valence-corrected chi connectivity index (χ0v) is 9.49. The highest BCUT2D eigenvalue weighted by Gasteiger charge is 2.08. The molecule has 0 unspecified atom stereocenters. The molecule has 0 N–H and O–H groups in total. The lowest BCUT2D eigenvalue weighted by Crippen LogP contribution is -1.93. The smallest absolute Gasteiger partial charge is 0.100 e. The Morgan fingerprint density at radius 2 is 1.85 bits per heavy atom. The maximum Gasteiger partial charge on any atom is 0.133 e. The van der Waals surface area contributed by atoms with Crippen LogP contribution in [0, 0.1) is 0 Å². The van der Waals surface area contributed by atoms with Gasteiger partial charge < -0.3 is 0 Å². The summed E-state index contributed by atoms with van der Waals surface area (Å²) in [4.78, 5) is -0.401. The van der Waals surface area contributed by atoms with Crippen LogP contribution in [-0.2, 0) is 12.8 Å². The van der Waals surface area contributed by atoms with Gasteiger partial charge in [-0.3, -0.25) is 0 Å². The van der Waals surface area contributed by atoms with Gasteiger partial charge in [0.15, 0.2) is 0 Å². The summed E-state index contributed by atoms with van der Waals surface area (Å²) >= 11 is 11.8. The SMILES string of the molecule is CCc1ccc(CC)c(C(Cl)Cl)c1. The monoisotopic (exact) mass is 216 g/mol. The molecule has 0 aliphatic heterocycles. The van der Waals surface area contributed by atoms with Gasteiger partial charge in [-0.1, -0.05) is 32.0 Å². The molecule has 1 rings (SSSR count). The lowest BCUT2D eigenvalue weighted by molar-refractivity contribution is 1.06. The first-order valence-corrected chi connectivity index (χ1v) is 5.46. The summed E-state index contributed by atoms with van der Waals surface area (Å²) in [6.07, 6.45) is 2.01. The van der Waals surface area contributed by atoms with Crippen molar-refractivity contribution in [2.45, 2.75) is 31.5 Å². The number of alkyl halides is 2. The van der Waals surface area contributed by atoms with E-state index in [4.69, 9.17) is 23.2 Å². The number of rotatable bonds is 3. The Kier molecular flexibility index (Phi) is 4.08. The van der Waals surface area contributed by atoms with Gasteiger partial charge in [-0.25, -0.2) is 0 Å². The molecule has 72 valence electrons. The van der Waals surface area contributed by atoms with Crippen LogP contribution in [0.5, 0.6) is 0 Å². The van der Waals surface area contributed by atoms with E-state index in [1.165, 1.54) is 11.1 Å². The molecule has 0 bridgehead atoms. The molecule has 13 heavy (non-hydrogen) atoms. The molecule has 0 saturated carbocycles. The zero-order valence-electron chi connectivity index (χ0n) is 7.98. The minimum Gasteiger partial charge on any atom is -0.100 e. The van der Waals surface area contributed by atoms with Crippen LogP contribution < -0.4 is 0 Å². The van der Waals surface area contributed by atoms with Gasteiger partial charge in [0.1, 0.15) is 4.84 Å². The standard InChI is InChI=1S/C11H14Cl2/c1-3-8-5-6-9(4-2)10(7-8)11(12)13/h5-7,11H,3-4H2,1-2H3. The molecular weight excluding hydrogens is 203 g/mol. The van der Waals surface area contributed by atoms with Crippen molar-refractivity contribution in [3.05, 3.63) is 34.9 Å². The Balaban J connectivity index is 3.10. The van der Waals surface area contributed by atoms with E-state index in [1.807, 2.05) is 0 Å². The molecular formula is C11H14Cl2. The van der Waals surface area contributed by atoms with Crippen molar-refractivity contribution in [3.63, 3.8) is 0 Å². The number of aryl methyl sites for hydroxylation is 2. The van der Waals surface area contributed by atoms with Crippen molar-refractivity contribution in [3.8, 4) is 0 Å². The first kappa shape index (κ1) is 10.9. The second kappa shape index (κ2) is 4.88. The summed E-state index contributed by atoms with van der Waals surface area (Å²) in [6, 6.07) is 6.36. The maximum absolute atomic E-state index is 5.88. The summed E-state index contributed by atoms with van der Waals surface area (Å²) in [6.45, 7) is 4.24. The van der Waals surface area contributed by atoms with Crippen molar-refractivity contribution in [2.75, 3.05) is 0 Å². The van der Waals surface area contributed by atoms with Gasteiger partial charge in [-0.05, 0) is 29.5 Å². The molecule has 0 aliphatic carbocycles. The summed E-state index contributed by atoms with van der Waals surface area (Å²) in [5.41, 5.74) is 3.59. The van der Waals surface area contributed by atoms with Crippen LogP contribution in [0.15, 0.2) is 18.2 Å². The Hall–Kier alpha value is -0.200. The van der Waals surface area contributed by atoms with Crippen LogP contribution in [0.1, 0.15) is 35.4 Å². The Bertz CT molecular complexity index is 279. The van der Waals surface area contributed by atoms with Crippen molar-refractivity contribution >= 4 is 23.2 Å². The average molecular weight is 217 g/mol. The molecule has 0 atom stereocenters. The van der Waals surface area contributed by atoms with Crippen LogP contribution in [0.3, 0.4) is 0 Å². The number of hydrogen-bond donors (Lipinski definition) is 0. The van der Waals surface area contributed by atoms with Crippen LogP contribution in [0.4, 0.5) is 0 Å². The highest BCUT2D eigenvalue weighted by molar-refractivity contribution is 6.44. The fourth-order valence-electron chi connectivity index (χ4n) is 1.39. The first-order valence-electron chi connectivity index (χ1n) is 4.58. The summed E-state index contributed by atoms with van der Waals surface area (Å²) in [7, 11) is 0. The largest absolute Gasteiger partial charge is 0.133 e. The van der Waals surface area contributed by atoms with E-state index in [2.05, 4.69) is 32.0 Å². The molecule has 0 radical (unpaired) electrons. The second-order valence-electron chi connectivity index (χ2n) is 3.04. The number of halogens is 2. The third-order valence-corrected chi connectivity index (χ3v) is 2.70. The van der Waals surface area contributed by atoms with Crippen LogP contribution in [-0.4, -0.2) is 0 Å². The van der Waals surface area contributed by atoms with E-state index in [-0.39, 0.29) is 0 Å². The third kappa shape index (κ3) is 2.62. The molecule has 0 aromatic heterocycles. The molecule has 0 fully saturated rings. The van der Waals surface area contributed by atoms with Crippen molar-refractivity contribution in [2.24, 2.45) is 0 Å². The van der Waals surface area contributed by atoms with Gasteiger partial charge >= 0.3 is 0 Å². The second-order valence-corrected chi connectivity index (χ2v) is 4.14. The number of benzene rings is 1. The Labute approximate surface area is 89.9 Å². The quantitative estimate of drug-likeness (QED) is 0.662. The maximum atomic E-state index is 5.88. The van der Waals surface area contributed by atoms with Gasteiger partial charge in [0.25, 0.3) is 0 Å². The van der Waals surface area contributed by atoms with Gasteiger partial charge in [0.2, 0.25) is 0 Å². The molecule has 0 spiro atoms. The molecule has 2 heteroatoms. The summed E-state index contributed by atoms with van der Waals surface area (Å²) < 4.78 is 0. The van der Waals surface area contributed by atoms with Crippen molar-refractivity contribution in [1.82, 2.24) is 0 Å². The first-order chi connectivity index (χ1) is 6.19. The predicted molar refractivity (Wildman–Crippen MR) is 59.6 cm³/mol. The van der Waals surface area contributed by atoms with E-state index in [1.54, 1.807) is 0 Å². The summed E-state index contributed by atoms with van der Waals surface area (Å²) in [5.74, 6) is 0. The van der Waals surface area contributed by atoms with Crippen LogP contribution >= 0.6 is 23.2 Å². The third-order valence-electron chi connectivity index (χ3n) is 2.23. The van der Waals surface area contributed by atoms with E-state index in [9.17, 15) is 0 Å². The average Bonchev–Trinajstić information content (AvgIpc) is 2.16. The highest BCUT2D eigenvalue weighted by Crippen LogP contribution is 2.29. The minimum absolute atomic E-state index is 0.401. The van der Waals surface area contributed by atoms with Crippen LogP contribution in [0.25, 0.3) is 0 Å². The highest BCUT2D eigenvalue weighted by atomic mass is 35.5. The van der Waals surface area contributed by atoms with Crippen LogP contribution in [0.2, 0.25) is 0 Å². The molecule has 1 aromatic carbocycles. The van der Waals surface area contributed by atoms with Gasteiger partial charge in [-0.15, -0.1) is 23.2 Å². The minimum atomic E-state index is -0.401. The fraction of sp³-hybridized carbons (Fsp3) is 0.455. The molecule has 0 amide bonds. The summed E-state index contributed by atoms with van der Waals surface area (Å²) in [5, 5.41) is 0. The Morgan fingerprint density at radius 3 is 2.31 bits per heavy atom. The van der Waals surface area contributed by atoms with Crippen molar-refractivity contribution < 1.29 is 0 Å². The van der Waals surface area contributed by atoms with Crippen molar-refractivity contribution in [1.29, 1.82) is 0 Å². The number of hydrogen-bond acceptors (Lipinski definition) is 0. The molecule has 0 saturated heterocycles. The lowest BCUT2D eigenvalue weighted by Gasteiger charge is -2.10. The van der Waals surface area contributed by atoms with E-state index in [0.29, 0.717) is 0 Å². The Morgan fingerprint density at radius 1 is 1.15 bits per heavy atom. The van der Waals surface area contributed by atoms with E-state index < -0.39 is 4.84 Å². The van der Waals surface area contributed by atoms with E-state index in [0.717, 1.165) is 18.4 Å². The predicted octanol–water partition coefficient (Wildman–Crippen LogP) is 4.29. The van der Waals surface area contributed by atoms with Gasteiger partial charge in [0, 0.05) is 0 Å². The topological polar surface area (TPSA) is 0 Å². The van der Waals surface area contributed by atoms with Gasteiger partial charge in [-0.2, -0.15) is 0 Å². The normalized spacial score (nSPS) is 10.8. The van der Waals surface area contributed by atoms with E-state index >= 15 is 0 Å².